The highest BCUT2D eigenvalue weighted by molar-refractivity contribution is 7.89. The molecular weight excluding hydrogens is 454 g/mol. The van der Waals surface area contributed by atoms with Gasteiger partial charge < -0.3 is 14.6 Å². The molecule has 1 unspecified atom stereocenters. The molecule has 34 heavy (non-hydrogen) atoms. The number of nitrogens with one attached hydrogen (secondary N) is 1. The first kappa shape index (κ1) is 23.9. The van der Waals surface area contributed by atoms with Crippen molar-refractivity contribution in [2.24, 2.45) is 7.05 Å². The largest absolute Gasteiger partial charge is 0.491 e. The number of amides is 1. The molecule has 1 saturated heterocycles. The fourth-order valence-electron chi connectivity index (χ4n) is 4.07. The molecule has 1 N–H and O–H groups in total. The van der Waals surface area contributed by atoms with Crippen LogP contribution in [0.5, 0.6) is 5.75 Å². The summed E-state index contributed by atoms with van der Waals surface area (Å²) < 4.78 is 35.7. The molecule has 1 fully saturated rings. The van der Waals surface area contributed by atoms with Crippen molar-refractivity contribution in [1.29, 1.82) is 0 Å². The van der Waals surface area contributed by atoms with E-state index in [0.717, 1.165) is 18.7 Å². The van der Waals surface area contributed by atoms with Gasteiger partial charge in [0.15, 0.2) is 0 Å². The zero-order valence-electron chi connectivity index (χ0n) is 19.5. The number of aryl methyl sites for hydroxylation is 1. The van der Waals surface area contributed by atoms with Crippen molar-refractivity contribution in [3.8, 4) is 5.75 Å². The summed E-state index contributed by atoms with van der Waals surface area (Å²) in [5, 5.41) is 10.9. The first-order valence-electron chi connectivity index (χ1n) is 11.3. The second-order valence-corrected chi connectivity index (χ2v) is 10.6. The molecular formula is C24H29N5O4S. The van der Waals surface area contributed by atoms with Crippen LogP contribution in [0.2, 0.25) is 0 Å². The minimum atomic E-state index is -3.77. The van der Waals surface area contributed by atoms with E-state index in [0.29, 0.717) is 24.5 Å². The lowest BCUT2D eigenvalue weighted by Crippen LogP contribution is -2.39. The number of ether oxygens (including phenoxy) is 1. The van der Waals surface area contributed by atoms with Gasteiger partial charge in [0, 0.05) is 37.3 Å². The zero-order chi connectivity index (χ0) is 24.3. The topological polar surface area (TPSA) is 106 Å². The Morgan fingerprint density at radius 1 is 1.18 bits per heavy atom. The fourth-order valence-corrected chi connectivity index (χ4v) is 5.64. The van der Waals surface area contributed by atoms with Crippen LogP contribution in [0.25, 0.3) is 0 Å². The highest BCUT2D eigenvalue weighted by atomic mass is 32.2. The predicted octanol–water partition coefficient (Wildman–Crippen LogP) is 3.42. The van der Waals surface area contributed by atoms with Crippen LogP contribution in [0.3, 0.4) is 0 Å². The lowest BCUT2D eigenvalue weighted by molar-refractivity contribution is 0.102. The fraction of sp³-hybridized carbons (Fsp3) is 0.375. The first-order valence-corrected chi connectivity index (χ1v) is 12.7. The minimum absolute atomic E-state index is 0.0230. The van der Waals surface area contributed by atoms with E-state index in [2.05, 4.69) is 15.5 Å². The summed E-state index contributed by atoms with van der Waals surface area (Å²) in [5.41, 5.74) is 0.863. The maximum absolute atomic E-state index is 13.4. The number of carbonyl (C=O) groups excluding carboxylic acids is 1. The Morgan fingerprint density at radius 2 is 1.94 bits per heavy atom. The van der Waals surface area contributed by atoms with Gasteiger partial charge in [-0.05, 0) is 69.2 Å². The first-order chi connectivity index (χ1) is 16.2. The number of hydrogen-bond acceptors (Lipinski definition) is 6. The number of piperidine rings is 1. The molecule has 0 spiro atoms. The maximum atomic E-state index is 13.4. The third-order valence-corrected chi connectivity index (χ3v) is 7.57. The Kier molecular flexibility index (Phi) is 6.99. The van der Waals surface area contributed by atoms with Crippen molar-refractivity contribution >= 4 is 21.6 Å². The third kappa shape index (κ3) is 5.28. The molecule has 1 aromatic heterocycles. The second-order valence-electron chi connectivity index (χ2n) is 8.68. The maximum Gasteiger partial charge on any atom is 0.255 e. The summed E-state index contributed by atoms with van der Waals surface area (Å²) >= 11 is 0. The lowest BCUT2D eigenvalue weighted by Gasteiger charge is -2.31. The quantitative estimate of drug-likeness (QED) is 0.552. The van der Waals surface area contributed by atoms with E-state index in [9.17, 15) is 13.2 Å². The number of carbonyl (C=O) groups is 1. The molecule has 2 heterocycles. The molecule has 4 rings (SSSR count). The number of rotatable bonds is 7. The van der Waals surface area contributed by atoms with Gasteiger partial charge in [0.25, 0.3) is 5.91 Å². The van der Waals surface area contributed by atoms with E-state index in [1.165, 1.54) is 16.4 Å². The van der Waals surface area contributed by atoms with Gasteiger partial charge in [-0.1, -0.05) is 6.07 Å². The van der Waals surface area contributed by atoms with Crippen molar-refractivity contribution in [1.82, 2.24) is 19.1 Å². The van der Waals surface area contributed by atoms with E-state index in [1.54, 1.807) is 42.7 Å². The van der Waals surface area contributed by atoms with Crippen LogP contribution in [-0.2, 0) is 17.1 Å². The molecule has 10 heteroatoms. The Hall–Kier alpha value is -3.24. The Morgan fingerprint density at radius 3 is 2.62 bits per heavy atom. The Labute approximate surface area is 199 Å². The Balaban J connectivity index is 1.48. The molecule has 0 aliphatic carbocycles. The zero-order valence-corrected chi connectivity index (χ0v) is 20.3. The highest BCUT2D eigenvalue weighted by Gasteiger charge is 2.33. The molecule has 1 atom stereocenters. The van der Waals surface area contributed by atoms with E-state index < -0.39 is 10.0 Å². The predicted molar refractivity (Wildman–Crippen MR) is 128 cm³/mol. The number of sulfonamides is 1. The second kappa shape index (κ2) is 9.94. The minimum Gasteiger partial charge on any atom is -0.491 e. The average Bonchev–Trinajstić information content (AvgIpc) is 3.26. The van der Waals surface area contributed by atoms with Gasteiger partial charge in [-0.3, -0.25) is 4.79 Å². The van der Waals surface area contributed by atoms with Crippen molar-refractivity contribution < 1.29 is 17.9 Å². The number of aromatic nitrogens is 3. The van der Waals surface area contributed by atoms with Crippen LogP contribution < -0.4 is 10.1 Å². The van der Waals surface area contributed by atoms with Crippen LogP contribution in [0.15, 0.2) is 59.8 Å². The van der Waals surface area contributed by atoms with Crippen molar-refractivity contribution in [2.45, 2.75) is 43.6 Å². The van der Waals surface area contributed by atoms with Crippen LogP contribution in [0.1, 0.15) is 48.8 Å². The molecule has 0 saturated carbocycles. The molecule has 180 valence electrons. The average molecular weight is 484 g/mol. The van der Waals surface area contributed by atoms with Crippen LogP contribution in [0.4, 0.5) is 5.69 Å². The molecule has 1 aliphatic rings. The summed E-state index contributed by atoms with van der Waals surface area (Å²) in [6, 6.07) is 13.2. The van der Waals surface area contributed by atoms with Gasteiger partial charge >= 0.3 is 0 Å². The third-order valence-electron chi connectivity index (χ3n) is 5.71. The summed E-state index contributed by atoms with van der Waals surface area (Å²) in [5.74, 6) is 1.08. The molecule has 0 radical (unpaired) electrons. The van der Waals surface area contributed by atoms with Gasteiger partial charge in [0.2, 0.25) is 10.0 Å². The van der Waals surface area contributed by atoms with Crippen LogP contribution in [0, 0.1) is 0 Å². The molecule has 2 aromatic carbocycles. The van der Waals surface area contributed by atoms with E-state index in [-0.39, 0.29) is 28.4 Å². The summed E-state index contributed by atoms with van der Waals surface area (Å²) in [6.07, 6.45) is 3.26. The number of hydrogen-bond donors (Lipinski definition) is 1. The standard InChI is InChI=1S/C24H29N5O4S/c1-17(2)33-21-11-9-20(10-12-21)26-24(30)18-6-4-8-22(14-18)34(31,32)29-13-5-7-19(15-29)23-27-25-16-28(23)3/h4,6,8-12,14,16-17,19H,5,7,13,15H2,1-3H3,(H,26,30). The van der Waals surface area contributed by atoms with Crippen LogP contribution >= 0.6 is 0 Å². The normalized spacial score (nSPS) is 17.0. The smallest absolute Gasteiger partial charge is 0.255 e. The molecule has 1 aliphatic heterocycles. The Bertz CT molecular complexity index is 1250. The number of benzene rings is 2. The van der Waals surface area contributed by atoms with E-state index >= 15 is 0 Å². The highest BCUT2D eigenvalue weighted by Crippen LogP contribution is 2.29. The summed E-state index contributed by atoms with van der Waals surface area (Å²) in [6.45, 7) is 4.64. The summed E-state index contributed by atoms with van der Waals surface area (Å²) in [7, 11) is -1.91. The molecule has 9 nitrogen and oxygen atoms in total. The molecule has 1 amide bonds. The van der Waals surface area contributed by atoms with Gasteiger partial charge in [-0.15, -0.1) is 10.2 Å². The van der Waals surface area contributed by atoms with Crippen molar-refractivity contribution in [2.75, 3.05) is 18.4 Å². The van der Waals surface area contributed by atoms with Gasteiger partial charge in [0.1, 0.15) is 17.9 Å². The molecule has 0 bridgehead atoms. The lowest BCUT2D eigenvalue weighted by atomic mass is 9.99. The van der Waals surface area contributed by atoms with E-state index in [4.69, 9.17) is 4.74 Å². The van der Waals surface area contributed by atoms with E-state index in [1.807, 2.05) is 25.5 Å². The number of anilines is 1. The van der Waals surface area contributed by atoms with Gasteiger partial charge in [-0.25, -0.2) is 8.42 Å². The van der Waals surface area contributed by atoms with Crippen LogP contribution in [-0.4, -0.2) is 52.6 Å². The number of nitrogens with zero attached hydrogens (tertiary/aromatic N) is 4. The summed E-state index contributed by atoms with van der Waals surface area (Å²) in [4.78, 5) is 12.9. The van der Waals surface area contributed by atoms with Gasteiger partial charge in [-0.2, -0.15) is 4.31 Å². The van der Waals surface area contributed by atoms with Gasteiger partial charge in [0.05, 0.1) is 11.0 Å². The SMILES string of the molecule is CC(C)Oc1ccc(NC(=O)c2cccc(S(=O)(=O)N3CCCC(c4nncn4C)C3)c2)cc1. The molecule has 3 aromatic rings. The van der Waals surface area contributed by atoms with Crippen molar-refractivity contribution in [3.05, 3.63) is 66.2 Å². The monoisotopic (exact) mass is 483 g/mol. The van der Waals surface area contributed by atoms with Crippen molar-refractivity contribution in [3.63, 3.8) is 0 Å².